The molecule has 0 unspecified atom stereocenters. The molecule has 0 atom stereocenters. The molecule has 1 aromatic heterocycles. The summed E-state index contributed by atoms with van der Waals surface area (Å²) in [5.41, 5.74) is 3.39. The highest BCUT2D eigenvalue weighted by Gasteiger charge is 2.27. The largest absolute Gasteiger partial charge is 0.480 e. The molecule has 186 valence electrons. The Kier molecular flexibility index (Phi) is 8.55. The van der Waals surface area contributed by atoms with E-state index in [1.54, 1.807) is 12.1 Å². The van der Waals surface area contributed by atoms with Crippen molar-refractivity contribution >= 4 is 17.6 Å². The van der Waals surface area contributed by atoms with Crippen LogP contribution in [0.1, 0.15) is 31.4 Å². The Bertz CT molecular complexity index is 1140. The number of carboxylic acid groups (broad SMARTS) is 1. The summed E-state index contributed by atoms with van der Waals surface area (Å²) in [6, 6.07) is 14.6. The number of hydrogen-bond acceptors (Lipinski definition) is 4. The lowest BCUT2D eigenvalue weighted by Gasteiger charge is -2.28. The second-order valence-corrected chi connectivity index (χ2v) is 9.50. The van der Waals surface area contributed by atoms with Gasteiger partial charge in [-0.1, -0.05) is 54.1 Å². The number of benzene rings is 2. The number of aliphatic hydroxyl groups excluding tert-OH is 1. The van der Waals surface area contributed by atoms with Gasteiger partial charge in [-0.3, -0.25) is 4.68 Å². The lowest BCUT2D eigenvalue weighted by Crippen LogP contribution is -2.24. The molecule has 0 amide bonds. The Hall–Kier alpha value is -2.74. The second-order valence-electron chi connectivity index (χ2n) is 9.09. The summed E-state index contributed by atoms with van der Waals surface area (Å²) >= 11 is 6.13. The molecule has 4 rings (SSSR count). The highest BCUT2D eigenvalue weighted by Crippen LogP contribution is 2.39. The van der Waals surface area contributed by atoms with E-state index in [1.807, 2.05) is 35.0 Å². The van der Waals surface area contributed by atoms with Gasteiger partial charge in [0.2, 0.25) is 0 Å². The minimum Gasteiger partial charge on any atom is -0.480 e. The average Bonchev–Trinajstić information content (AvgIpc) is 3.20. The first-order valence-corrected chi connectivity index (χ1v) is 12.4. The summed E-state index contributed by atoms with van der Waals surface area (Å²) in [5, 5.41) is 23.6. The summed E-state index contributed by atoms with van der Waals surface area (Å²) in [7, 11) is 0. The van der Waals surface area contributed by atoms with Gasteiger partial charge in [0, 0.05) is 42.0 Å². The molecular weight excluding hydrogens is 471 g/mol. The van der Waals surface area contributed by atoms with Crippen molar-refractivity contribution in [3.63, 3.8) is 0 Å². The molecule has 6 nitrogen and oxygen atoms in total. The van der Waals surface area contributed by atoms with Crippen LogP contribution in [0.4, 0.5) is 4.39 Å². The number of aliphatic hydroxyl groups is 1. The van der Waals surface area contributed by atoms with Crippen molar-refractivity contribution in [3.8, 4) is 22.4 Å². The van der Waals surface area contributed by atoms with Gasteiger partial charge in [-0.2, -0.15) is 5.10 Å². The molecular formula is C27H30ClFN2O4. The van der Waals surface area contributed by atoms with Crippen LogP contribution in [0.25, 0.3) is 22.4 Å². The standard InChI is InChI=1S/C27H30ClFN2O4/c28-22-8-4-7-21(26(22)29)25-23(13-14-32)31(30-27(25)20-5-2-1-3-6-20)15-18-9-11-19(12-10-18)16-35-17-24(33)34/h1-8,18-19,32H,9-17H2,(H,33,34). The first-order chi connectivity index (χ1) is 17.0. The number of carboxylic acids is 1. The number of aromatic nitrogens is 2. The third kappa shape index (κ3) is 6.10. The molecule has 1 saturated carbocycles. The van der Waals surface area contributed by atoms with Crippen LogP contribution in [0.5, 0.6) is 0 Å². The molecule has 1 aliphatic carbocycles. The second kappa shape index (κ2) is 11.8. The van der Waals surface area contributed by atoms with Gasteiger partial charge < -0.3 is 14.9 Å². The first kappa shape index (κ1) is 25.4. The number of carbonyl (C=O) groups is 1. The van der Waals surface area contributed by atoms with E-state index in [0.29, 0.717) is 48.2 Å². The molecule has 3 aromatic rings. The molecule has 2 N–H and O–H groups in total. The molecule has 8 heteroatoms. The number of halogens is 2. The zero-order valence-corrected chi connectivity index (χ0v) is 20.3. The minimum absolute atomic E-state index is 0.0487. The predicted octanol–water partition coefficient (Wildman–Crippen LogP) is 5.45. The lowest BCUT2D eigenvalue weighted by atomic mass is 9.82. The number of nitrogens with zero attached hydrogens (tertiary/aromatic N) is 2. The molecule has 0 spiro atoms. The molecule has 2 aromatic carbocycles. The third-order valence-electron chi connectivity index (χ3n) is 6.65. The van der Waals surface area contributed by atoms with E-state index < -0.39 is 11.8 Å². The Balaban J connectivity index is 1.62. The van der Waals surface area contributed by atoms with Crippen molar-refractivity contribution in [1.29, 1.82) is 0 Å². The zero-order chi connectivity index (χ0) is 24.8. The fourth-order valence-electron chi connectivity index (χ4n) is 4.92. The maximum atomic E-state index is 15.2. The van der Waals surface area contributed by atoms with Crippen LogP contribution in [0.3, 0.4) is 0 Å². The normalized spacial score (nSPS) is 18.0. The van der Waals surface area contributed by atoms with Gasteiger partial charge in [0.1, 0.15) is 18.1 Å². The topological polar surface area (TPSA) is 84.6 Å². The quantitative estimate of drug-likeness (QED) is 0.386. The Labute approximate surface area is 209 Å². The third-order valence-corrected chi connectivity index (χ3v) is 6.94. The van der Waals surface area contributed by atoms with E-state index in [-0.39, 0.29) is 18.2 Å². The van der Waals surface area contributed by atoms with Crippen LogP contribution in [0.2, 0.25) is 5.02 Å². The zero-order valence-electron chi connectivity index (χ0n) is 19.5. The van der Waals surface area contributed by atoms with Gasteiger partial charge in [-0.15, -0.1) is 0 Å². The van der Waals surface area contributed by atoms with Gasteiger partial charge >= 0.3 is 5.97 Å². The highest BCUT2D eigenvalue weighted by molar-refractivity contribution is 6.31. The van der Waals surface area contributed by atoms with Crippen LogP contribution >= 0.6 is 11.6 Å². The summed E-state index contributed by atoms with van der Waals surface area (Å²) in [5.74, 6) is -0.707. The van der Waals surface area contributed by atoms with Crippen molar-refractivity contribution in [2.75, 3.05) is 19.8 Å². The first-order valence-electron chi connectivity index (χ1n) is 12.0. The van der Waals surface area contributed by atoms with Gasteiger partial charge in [-0.25, -0.2) is 9.18 Å². The monoisotopic (exact) mass is 500 g/mol. The molecule has 0 radical (unpaired) electrons. The van der Waals surface area contributed by atoms with Crippen LogP contribution in [0.15, 0.2) is 48.5 Å². The lowest BCUT2D eigenvalue weighted by molar-refractivity contribution is -0.142. The number of hydrogen-bond donors (Lipinski definition) is 2. The average molecular weight is 501 g/mol. The van der Waals surface area contributed by atoms with Crippen LogP contribution < -0.4 is 0 Å². The van der Waals surface area contributed by atoms with E-state index in [9.17, 15) is 9.90 Å². The van der Waals surface area contributed by atoms with E-state index in [4.69, 9.17) is 26.5 Å². The van der Waals surface area contributed by atoms with Gasteiger partial charge in [0.15, 0.2) is 0 Å². The summed E-state index contributed by atoms with van der Waals surface area (Å²) in [6.07, 6.45) is 4.21. The van der Waals surface area contributed by atoms with E-state index in [0.717, 1.165) is 36.9 Å². The van der Waals surface area contributed by atoms with E-state index >= 15 is 4.39 Å². The highest BCUT2D eigenvalue weighted by atomic mass is 35.5. The van der Waals surface area contributed by atoms with Crippen molar-refractivity contribution < 1.29 is 24.1 Å². The summed E-state index contributed by atoms with van der Waals surface area (Å²) in [6.45, 7) is 0.790. The van der Waals surface area contributed by atoms with Gasteiger partial charge in [-0.05, 0) is 43.6 Å². The Morgan fingerprint density at radius 2 is 1.80 bits per heavy atom. The molecule has 0 saturated heterocycles. The molecule has 35 heavy (non-hydrogen) atoms. The van der Waals surface area contributed by atoms with Crippen LogP contribution in [-0.4, -0.2) is 45.8 Å². The van der Waals surface area contributed by atoms with Crippen molar-refractivity contribution in [2.45, 2.75) is 38.6 Å². The van der Waals surface area contributed by atoms with Crippen LogP contribution in [0, 0.1) is 17.7 Å². The maximum absolute atomic E-state index is 15.2. The Morgan fingerprint density at radius 1 is 1.09 bits per heavy atom. The summed E-state index contributed by atoms with van der Waals surface area (Å²) < 4.78 is 22.4. The van der Waals surface area contributed by atoms with Crippen molar-refractivity contribution in [1.82, 2.24) is 9.78 Å². The smallest absolute Gasteiger partial charge is 0.329 e. The fraction of sp³-hybridized carbons (Fsp3) is 0.407. The molecule has 1 heterocycles. The molecule has 0 bridgehead atoms. The minimum atomic E-state index is -0.949. The summed E-state index contributed by atoms with van der Waals surface area (Å²) in [4.78, 5) is 10.7. The number of ether oxygens (including phenoxy) is 1. The van der Waals surface area contributed by atoms with E-state index in [2.05, 4.69) is 0 Å². The number of aliphatic carboxylic acids is 1. The van der Waals surface area contributed by atoms with Gasteiger partial charge in [0.25, 0.3) is 0 Å². The predicted molar refractivity (Wildman–Crippen MR) is 133 cm³/mol. The van der Waals surface area contributed by atoms with Crippen molar-refractivity contribution in [3.05, 3.63) is 65.1 Å². The fourth-order valence-corrected chi connectivity index (χ4v) is 5.10. The van der Waals surface area contributed by atoms with E-state index in [1.165, 1.54) is 6.07 Å². The molecule has 0 aliphatic heterocycles. The maximum Gasteiger partial charge on any atom is 0.329 e. The molecule has 1 fully saturated rings. The van der Waals surface area contributed by atoms with Crippen molar-refractivity contribution in [2.24, 2.45) is 11.8 Å². The van der Waals surface area contributed by atoms with Gasteiger partial charge in [0.05, 0.1) is 11.6 Å². The molecule has 1 aliphatic rings. The number of rotatable bonds is 10. The Morgan fingerprint density at radius 3 is 2.49 bits per heavy atom. The van der Waals surface area contributed by atoms with Crippen LogP contribution in [-0.2, 0) is 22.5 Å². The SMILES string of the molecule is O=C(O)COCC1CCC(Cn2nc(-c3ccccc3)c(-c3cccc(Cl)c3F)c2CCO)CC1.